The van der Waals surface area contributed by atoms with Crippen LogP contribution in [0.1, 0.15) is 30.3 Å². The predicted octanol–water partition coefficient (Wildman–Crippen LogP) is 5.16. The third-order valence-electron chi connectivity index (χ3n) is 3.64. The number of nitrogens with one attached hydrogen (secondary N) is 1. The highest BCUT2D eigenvalue weighted by Crippen LogP contribution is 2.30. The van der Waals surface area contributed by atoms with Gasteiger partial charge in [-0.15, -0.1) is 23.7 Å². The highest BCUT2D eigenvalue weighted by atomic mass is 35.5. The minimum absolute atomic E-state index is 0. The van der Waals surface area contributed by atoms with Gasteiger partial charge in [0.15, 0.2) is 11.2 Å². The van der Waals surface area contributed by atoms with E-state index in [2.05, 4.69) is 10.3 Å². The lowest BCUT2D eigenvalue weighted by atomic mass is 10.0. The molecule has 2 aromatic rings. The van der Waals surface area contributed by atoms with Crippen molar-refractivity contribution in [2.75, 3.05) is 5.32 Å². The van der Waals surface area contributed by atoms with Crippen LogP contribution in [0.4, 0.5) is 5.13 Å². The lowest BCUT2D eigenvalue weighted by Gasteiger charge is -2.14. The van der Waals surface area contributed by atoms with E-state index in [0.717, 1.165) is 18.5 Å². The maximum absolute atomic E-state index is 12.3. The summed E-state index contributed by atoms with van der Waals surface area (Å²) in [5, 5.41) is 4.36. The monoisotopic (exact) mass is 406 g/mol. The van der Waals surface area contributed by atoms with Gasteiger partial charge >= 0.3 is 0 Å². The van der Waals surface area contributed by atoms with E-state index >= 15 is 0 Å². The molecule has 0 saturated carbocycles. The van der Waals surface area contributed by atoms with E-state index in [-0.39, 0.29) is 18.3 Å². The molecule has 1 N–H and O–H groups in total. The second-order valence-corrected chi connectivity index (χ2v) is 7.35. The Bertz CT molecular complexity index is 713. The van der Waals surface area contributed by atoms with Crippen LogP contribution in [0.5, 0.6) is 5.75 Å². The summed E-state index contributed by atoms with van der Waals surface area (Å²) in [5.41, 5.74) is 1.12. The molecule has 1 aliphatic rings. The number of thiazole rings is 1. The highest BCUT2D eigenvalue weighted by molar-refractivity contribution is 7.15. The fourth-order valence-electron chi connectivity index (χ4n) is 2.43. The highest BCUT2D eigenvalue weighted by Gasteiger charge is 2.20. The third kappa shape index (κ3) is 4.54. The molecule has 1 unspecified atom stereocenters. The number of amides is 1. The van der Waals surface area contributed by atoms with Crippen LogP contribution < -0.4 is 10.1 Å². The van der Waals surface area contributed by atoms with Gasteiger partial charge in [-0.25, -0.2) is 4.98 Å². The number of aromatic nitrogens is 1. The SMILES string of the molecule is CC(Oc1ccc(Cl)cc1Cl)C(=O)Nc1nc2c(s1)CCCC2.Cl. The Labute approximate surface area is 160 Å². The van der Waals surface area contributed by atoms with Crippen molar-refractivity contribution < 1.29 is 9.53 Å². The third-order valence-corrected chi connectivity index (χ3v) is 5.25. The average Bonchev–Trinajstić information content (AvgIpc) is 2.92. The fourth-order valence-corrected chi connectivity index (χ4v) is 3.93. The van der Waals surface area contributed by atoms with Crippen molar-refractivity contribution in [3.63, 3.8) is 0 Å². The van der Waals surface area contributed by atoms with Crippen molar-refractivity contribution in [2.24, 2.45) is 0 Å². The molecule has 0 radical (unpaired) electrons. The number of anilines is 1. The van der Waals surface area contributed by atoms with Crippen LogP contribution in [0.25, 0.3) is 0 Å². The van der Waals surface area contributed by atoms with Crippen molar-refractivity contribution in [3.05, 3.63) is 38.8 Å². The first-order valence-electron chi connectivity index (χ1n) is 7.44. The van der Waals surface area contributed by atoms with Gasteiger partial charge in [-0.05, 0) is 50.8 Å². The molecular weight excluding hydrogens is 391 g/mol. The van der Waals surface area contributed by atoms with Crippen LogP contribution in [0.2, 0.25) is 10.0 Å². The second kappa shape index (κ2) is 8.39. The number of ether oxygens (including phenoxy) is 1. The maximum Gasteiger partial charge on any atom is 0.266 e. The van der Waals surface area contributed by atoms with Gasteiger partial charge in [0.25, 0.3) is 5.91 Å². The lowest BCUT2D eigenvalue weighted by molar-refractivity contribution is -0.122. The molecule has 4 nitrogen and oxygen atoms in total. The molecule has 1 heterocycles. The molecule has 0 saturated heterocycles. The fraction of sp³-hybridized carbons (Fsp3) is 0.375. The van der Waals surface area contributed by atoms with Gasteiger partial charge in [0.05, 0.1) is 10.7 Å². The van der Waals surface area contributed by atoms with Crippen molar-refractivity contribution in [1.82, 2.24) is 4.98 Å². The average molecular weight is 408 g/mol. The number of carbonyl (C=O) groups excluding carboxylic acids is 1. The number of nitrogens with zero attached hydrogens (tertiary/aromatic N) is 1. The summed E-state index contributed by atoms with van der Waals surface area (Å²) >= 11 is 13.5. The van der Waals surface area contributed by atoms with Gasteiger partial charge < -0.3 is 4.74 Å². The number of aryl methyl sites for hydroxylation is 2. The first-order chi connectivity index (χ1) is 11.0. The topological polar surface area (TPSA) is 51.2 Å². The number of hydrogen-bond acceptors (Lipinski definition) is 4. The van der Waals surface area contributed by atoms with Crippen molar-refractivity contribution in [2.45, 2.75) is 38.7 Å². The van der Waals surface area contributed by atoms with E-state index in [1.54, 1.807) is 36.5 Å². The zero-order valence-corrected chi connectivity index (χ0v) is 16.1. The molecule has 1 aliphatic carbocycles. The van der Waals surface area contributed by atoms with E-state index in [1.807, 2.05) is 0 Å². The summed E-state index contributed by atoms with van der Waals surface area (Å²) in [6.07, 6.45) is 3.72. The number of halogens is 3. The minimum atomic E-state index is -0.686. The first-order valence-corrected chi connectivity index (χ1v) is 9.01. The number of hydrogen-bond donors (Lipinski definition) is 1. The number of fused-ring (bicyclic) bond motifs is 1. The molecule has 24 heavy (non-hydrogen) atoms. The minimum Gasteiger partial charge on any atom is -0.479 e. The Kier molecular flexibility index (Phi) is 6.75. The van der Waals surface area contributed by atoms with Gasteiger partial charge in [-0.1, -0.05) is 23.2 Å². The van der Waals surface area contributed by atoms with Crippen molar-refractivity contribution >= 4 is 58.0 Å². The molecule has 0 aliphatic heterocycles. The number of carbonyl (C=O) groups is 1. The Balaban J connectivity index is 0.00000208. The summed E-state index contributed by atoms with van der Waals surface area (Å²) < 4.78 is 5.61. The van der Waals surface area contributed by atoms with Crippen LogP contribution in [0.3, 0.4) is 0 Å². The molecule has 3 rings (SSSR count). The summed E-state index contributed by atoms with van der Waals surface area (Å²) in [6, 6.07) is 4.90. The Morgan fingerprint density at radius 2 is 2.08 bits per heavy atom. The largest absolute Gasteiger partial charge is 0.479 e. The standard InChI is InChI=1S/C16H16Cl2N2O2S.ClH/c1-9(22-13-7-6-10(17)8-11(13)18)15(21)20-16-19-12-4-2-3-5-14(12)23-16;/h6-9H,2-5H2,1H3,(H,19,20,21);1H. The van der Waals surface area contributed by atoms with Crippen molar-refractivity contribution in [1.29, 1.82) is 0 Å². The summed E-state index contributed by atoms with van der Waals surface area (Å²) in [6.45, 7) is 1.67. The molecule has 1 aromatic heterocycles. The van der Waals surface area contributed by atoms with Gasteiger partial charge in [-0.2, -0.15) is 0 Å². The van der Waals surface area contributed by atoms with E-state index < -0.39 is 6.10 Å². The van der Waals surface area contributed by atoms with Gasteiger partial charge in [0.2, 0.25) is 0 Å². The van der Waals surface area contributed by atoms with Crippen LogP contribution >= 0.6 is 46.9 Å². The number of rotatable bonds is 4. The Hall–Kier alpha value is -1.01. The molecule has 0 fully saturated rings. The van der Waals surface area contributed by atoms with E-state index in [0.29, 0.717) is 20.9 Å². The summed E-state index contributed by atoms with van der Waals surface area (Å²) in [5.74, 6) is 0.180. The van der Waals surface area contributed by atoms with Gasteiger partial charge in [0, 0.05) is 9.90 Å². The maximum atomic E-state index is 12.3. The smallest absolute Gasteiger partial charge is 0.266 e. The zero-order valence-electron chi connectivity index (χ0n) is 13.0. The quantitative estimate of drug-likeness (QED) is 0.762. The lowest BCUT2D eigenvalue weighted by Crippen LogP contribution is -2.30. The van der Waals surface area contributed by atoms with Crippen LogP contribution in [-0.2, 0) is 17.6 Å². The predicted molar refractivity (Wildman–Crippen MR) is 101 cm³/mol. The Morgan fingerprint density at radius 1 is 1.33 bits per heavy atom. The molecule has 0 bridgehead atoms. The van der Waals surface area contributed by atoms with E-state index in [1.165, 1.54) is 17.7 Å². The molecular formula is C16H17Cl3N2O2S. The summed E-state index contributed by atoms with van der Waals surface area (Å²) in [7, 11) is 0. The molecule has 1 atom stereocenters. The molecule has 130 valence electrons. The van der Waals surface area contributed by atoms with Gasteiger partial charge in [0.1, 0.15) is 5.75 Å². The Morgan fingerprint density at radius 3 is 2.79 bits per heavy atom. The molecule has 8 heteroatoms. The molecule has 0 spiro atoms. The number of benzene rings is 1. The van der Waals surface area contributed by atoms with Crippen molar-refractivity contribution in [3.8, 4) is 5.75 Å². The van der Waals surface area contributed by atoms with E-state index in [4.69, 9.17) is 27.9 Å². The first kappa shape index (κ1) is 19.3. The normalized spacial score (nSPS) is 14.3. The summed E-state index contributed by atoms with van der Waals surface area (Å²) in [4.78, 5) is 18.0. The second-order valence-electron chi connectivity index (χ2n) is 5.42. The van der Waals surface area contributed by atoms with Crippen LogP contribution in [-0.4, -0.2) is 17.0 Å². The van der Waals surface area contributed by atoms with Gasteiger partial charge in [-0.3, -0.25) is 10.1 Å². The van der Waals surface area contributed by atoms with Crippen LogP contribution in [0.15, 0.2) is 18.2 Å². The van der Waals surface area contributed by atoms with E-state index in [9.17, 15) is 4.79 Å². The zero-order chi connectivity index (χ0) is 16.4. The molecule has 1 amide bonds. The van der Waals surface area contributed by atoms with Crippen LogP contribution in [0, 0.1) is 0 Å². The molecule has 1 aromatic carbocycles.